The fraction of sp³-hybridized carbons (Fsp3) is 0.323. The zero-order valence-electron chi connectivity index (χ0n) is 22.7. The van der Waals surface area contributed by atoms with E-state index >= 15 is 0 Å². The predicted molar refractivity (Wildman–Crippen MR) is 164 cm³/mol. The number of rotatable bonds is 10. The summed E-state index contributed by atoms with van der Waals surface area (Å²) < 4.78 is 13.6. The van der Waals surface area contributed by atoms with Crippen LogP contribution in [0, 0.1) is 5.82 Å². The van der Waals surface area contributed by atoms with Crippen LogP contribution in [0.15, 0.2) is 78.9 Å². The number of hydrogen-bond donors (Lipinski definition) is 1. The Hall–Kier alpha value is -3.37. The van der Waals surface area contributed by atoms with Gasteiger partial charge in [-0.25, -0.2) is 4.39 Å². The van der Waals surface area contributed by atoms with E-state index in [1.807, 2.05) is 11.0 Å². The van der Waals surface area contributed by atoms with Gasteiger partial charge in [0.15, 0.2) is 5.11 Å². The summed E-state index contributed by atoms with van der Waals surface area (Å²) in [6.45, 7) is 6.31. The Balaban J connectivity index is 1.20. The molecule has 1 N–H and O–H groups in total. The second-order valence-corrected chi connectivity index (χ2v) is 11.2. The highest BCUT2D eigenvalue weighted by Gasteiger charge is 2.44. The Morgan fingerprint density at radius 2 is 1.56 bits per heavy atom. The average Bonchev–Trinajstić information content (AvgIpc) is 3.20. The topological polar surface area (TPSA) is 59.1 Å². The second kappa shape index (κ2) is 13.5. The van der Waals surface area contributed by atoms with Crippen molar-refractivity contribution in [2.45, 2.75) is 25.4 Å². The number of halogens is 2. The Labute approximate surface area is 250 Å². The summed E-state index contributed by atoms with van der Waals surface area (Å²) in [7, 11) is 0. The molecule has 2 aliphatic heterocycles. The number of anilines is 2. The van der Waals surface area contributed by atoms with Crippen molar-refractivity contribution in [1.29, 1.82) is 0 Å². The zero-order chi connectivity index (χ0) is 28.8. The molecule has 41 heavy (non-hydrogen) atoms. The number of benzene rings is 3. The average molecular weight is 594 g/mol. The van der Waals surface area contributed by atoms with E-state index in [1.54, 1.807) is 24.3 Å². The molecule has 5 rings (SSSR count). The van der Waals surface area contributed by atoms with Crippen LogP contribution in [0.25, 0.3) is 0 Å². The van der Waals surface area contributed by atoms with Gasteiger partial charge in [0.05, 0.1) is 12.1 Å². The highest BCUT2D eigenvalue weighted by molar-refractivity contribution is 7.80. The lowest BCUT2D eigenvalue weighted by Crippen LogP contribution is -2.47. The summed E-state index contributed by atoms with van der Waals surface area (Å²) >= 11 is 11.7. The molecular weight excluding hydrogens is 561 g/mol. The molecule has 3 aromatic rings. The van der Waals surface area contributed by atoms with Crippen LogP contribution in [0.3, 0.4) is 0 Å². The van der Waals surface area contributed by atoms with E-state index in [-0.39, 0.29) is 18.2 Å². The number of nitrogens with one attached hydrogen (secondary N) is 1. The van der Waals surface area contributed by atoms with Gasteiger partial charge in [-0.1, -0.05) is 41.9 Å². The standard InChI is InChI=1S/C31H33ClFN5O2S/c32-24-7-11-26(12-8-24)34-29(39)21-28-30(40)38(27-13-9-25(33)10-14-27)31(41)37(28)16-4-15-35-17-19-36(20-18-35)22-23-5-2-1-3-6-23/h1-3,5-14,28H,4,15-22H2,(H,34,39)/t28-/m1/s1. The molecule has 2 heterocycles. The van der Waals surface area contributed by atoms with Crippen molar-refractivity contribution in [3.63, 3.8) is 0 Å². The normalized spacial score (nSPS) is 18.2. The number of nitrogens with zero attached hydrogens (tertiary/aromatic N) is 4. The van der Waals surface area contributed by atoms with Gasteiger partial charge in [0.2, 0.25) is 5.91 Å². The summed E-state index contributed by atoms with van der Waals surface area (Å²) in [4.78, 5) is 34.7. The first-order valence-electron chi connectivity index (χ1n) is 13.8. The van der Waals surface area contributed by atoms with E-state index < -0.39 is 11.9 Å². The number of piperazine rings is 1. The van der Waals surface area contributed by atoms with E-state index in [1.165, 1.54) is 34.7 Å². The number of thiocarbonyl (C=S) groups is 1. The van der Waals surface area contributed by atoms with Crippen LogP contribution in [0.4, 0.5) is 15.8 Å². The molecule has 1 atom stereocenters. The van der Waals surface area contributed by atoms with Crippen molar-refractivity contribution in [3.8, 4) is 0 Å². The van der Waals surface area contributed by atoms with Crippen LogP contribution >= 0.6 is 23.8 Å². The summed E-state index contributed by atoms with van der Waals surface area (Å²) in [5.41, 5.74) is 2.41. The van der Waals surface area contributed by atoms with Crippen molar-refractivity contribution >= 4 is 52.1 Å². The van der Waals surface area contributed by atoms with E-state index in [2.05, 4.69) is 39.4 Å². The maximum absolute atomic E-state index is 13.6. The summed E-state index contributed by atoms with van der Waals surface area (Å²) in [5, 5.41) is 3.74. The van der Waals surface area contributed by atoms with E-state index in [9.17, 15) is 14.0 Å². The summed E-state index contributed by atoms with van der Waals surface area (Å²) in [5.74, 6) is -0.984. The molecule has 214 valence electrons. The lowest BCUT2D eigenvalue weighted by molar-refractivity contribution is -0.124. The molecule has 3 aromatic carbocycles. The molecule has 2 saturated heterocycles. The van der Waals surface area contributed by atoms with Crippen molar-refractivity contribution in [2.24, 2.45) is 0 Å². The smallest absolute Gasteiger partial charge is 0.256 e. The third-order valence-corrected chi connectivity index (χ3v) is 8.17. The summed E-state index contributed by atoms with van der Waals surface area (Å²) in [6, 6.07) is 22.2. The molecule has 7 nitrogen and oxygen atoms in total. The lowest BCUT2D eigenvalue weighted by atomic mass is 10.1. The molecule has 0 bridgehead atoms. The highest BCUT2D eigenvalue weighted by atomic mass is 35.5. The van der Waals surface area contributed by atoms with Crippen molar-refractivity contribution < 1.29 is 14.0 Å². The SMILES string of the molecule is O=C(C[C@@H]1C(=O)N(c2ccc(F)cc2)C(=S)N1CCCN1CCN(Cc2ccccc2)CC1)Nc1ccc(Cl)cc1. The number of amides is 2. The Kier molecular flexibility index (Phi) is 9.61. The van der Waals surface area contributed by atoms with Crippen molar-refractivity contribution in [2.75, 3.05) is 49.5 Å². The van der Waals surface area contributed by atoms with Crippen LogP contribution in [-0.4, -0.2) is 76.9 Å². The maximum atomic E-state index is 13.6. The second-order valence-electron chi connectivity index (χ2n) is 10.4. The molecule has 0 unspecified atom stereocenters. The van der Waals surface area contributed by atoms with Crippen LogP contribution in [0.2, 0.25) is 5.02 Å². The van der Waals surface area contributed by atoms with E-state index in [4.69, 9.17) is 23.8 Å². The molecule has 2 aliphatic rings. The molecule has 2 amide bonds. The maximum Gasteiger partial charge on any atom is 0.256 e. The zero-order valence-corrected chi connectivity index (χ0v) is 24.3. The number of hydrogen-bond acceptors (Lipinski definition) is 5. The minimum atomic E-state index is -0.748. The van der Waals surface area contributed by atoms with Gasteiger partial charge in [0.25, 0.3) is 5.91 Å². The monoisotopic (exact) mass is 593 g/mol. The Bertz CT molecular complexity index is 1350. The van der Waals surface area contributed by atoms with Gasteiger partial charge in [0, 0.05) is 50.0 Å². The van der Waals surface area contributed by atoms with Crippen LogP contribution < -0.4 is 10.2 Å². The first-order valence-corrected chi connectivity index (χ1v) is 14.6. The lowest BCUT2D eigenvalue weighted by Gasteiger charge is -2.35. The minimum Gasteiger partial charge on any atom is -0.336 e. The summed E-state index contributed by atoms with van der Waals surface area (Å²) in [6.07, 6.45) is 0.732. The number of carbonyl (C=O) groups excluding carboxylic acids is 2. The molecule has 0 radical (unpaired) electrons. The van der Waals surface area contributed by atoms with Crippen LogP contribution in [0.1, 0.15) is 18.4 Å². The Morgan fingerprint density at radius 1 is 0.902 bits per heavy atom. The van der Waals surface area contributed by atoms with Gasteiger partial charge in [-0.2, -0.15) is 0 Å². The third-order valence-electron chi connectivity index (χ3n) is 7.50. The van der Waals surface area contributed by atoms with Crippen molar-refractivity contribution in [3.05, 3.63) is 95.3 Å². The van der Waals surface area contributed by atoms with Crippen LogP contribution in [-0.2, 0) is 16.1 Å². The molecular formula is C31H33ClFN5O2S. The molecule has 0 aliphatic carbocycles. The number of carbonyl (C=O) groups is 2. The fourth-order valence-electron chi connectivity index (χ4n) is 5.31. The van der Waals surface area contributed by atoms with Gasteiger partial charge in [0.1, 0.15) is 11.9 Å². The van der Waals surface area contributed by atoms with Gasteiger partial charge < -0.3 is 15.1 Å². The molecule has 2 fully saturated rings. The molecule has 0 saturated carbocycles. The van der Waals surface area contributed by atoms with E-state index in [0.29, 0.717) is 28.1 Å². The quantitative estimate of drug-likeness (QED) is 0.333. The van der Waals surface area contributed by atoms with E-state index in [0.717, 1.165) is 45.7 Å². The fourth-order valence-corrected chi connectivity index (χ4v) is 5.85. The molecule has 0 aromatic heterocycles. The van der Waals surface area contributed by atoms with Crippen molar-refractivity contribution in [1.82, 2.24) is 14.7 Å². The van der Waals surface area contributed by atoms with Gasteiger partial charge >= 0.3 is 0 Å². The largest absolute Gasteiger partial charge is 0.336 e. The first kappa shape index (κ1) is 29.1. The highest BCUT2D eigenvalue weighted by Crippen LogP contribution is 2.28. The first-order chi connectivity index (χ1) is 19.9. The van der Waals surface area contributed by atoms with Gasteiger partial charge in [-0.05, 0) is 79.3 Å². The minimum absolute atomic E-state index is 0.0581. The predicted octanol–water partition coefficient (Wildman–Crippen LogP) is 5.02. The van der Waals surface area contributed by atoms with Gasteiger partial charge in [-0.15, -0.1) is 0 Å². The molecule has 10 heteroatoms. The third kappa shape index (κ3) is 7.48. The van der Waals surface area contributed by atoms with Crippen LogP contribution in [0.5, 0.6) is 0 Å². The van der Waals surface area contributed by atoms with Gasteiger partial charge in [-0.3, -0.25) is 19.4 Å². The molecule has 0 spiro atoms. The Morgan fingerprint density at radius 3 is 2.24 bits per heavy atom.